The van der Waals surface area contributed by atoms with Crippen molar-refractivity contribution in [3.63, 3.8) is 0 Å². The van der Waals surface area contributed by atoms with Crippen LogP contribution in [-0.2, 0) is 18.3 Å². The van der Waals surface area contributed by atoms with Crippen LogP contribution in [0.1, 0.15) is 64.0 Å². The summed E-state index contributed by atoms with van der Waals surface area (Å²) < 4.78 is 7.81. The molecule has 0 spiro atoms. The lowest BCUT2D eigenvalue weighted by molar-refractivity contribution is 0.110. The van der Waals surface area contributed by atoms with Gasteiger partial charge in [0.15, 0.2) is 11.8 Å². The topological polar surface area (TPSA) is 67.6 Å². The Bertz CT molecular complexity index is 632. The predicted octanol–water partition coefficient (Wildman–Crippen LogP) is 2.65. The van der Waals surface area contributed by atoms with Gasteiger partial charge < -0.3 is 19.5 Å². The summed E-state index contributed by atoms with van der Waals surface area (Å²) in [5.74, 6) is 2.81. The van der Waals surface area contributed by atoms with Crippen LogP contribution in [0.5, 0.6) is 0 Å². The Balaban J connectivity index is 1.71. The third kappa shape index (κ3) is 5.21. The number of hydrogen-bond donors (Lipinski definition) is 1. The van der Waals surface area contributed by atoms with Gasteiger partial charge in [-0.3, -0.25) is 0 Å². The largest absolute Gasteiger partial charge is 0.376 e. The van der Waals surface area contributed by atoms with Gasteiger partial charge in [0.05, 0.1) is 6.10 Å². The molecule has 1 N–H and O–H groups in total. The quantitative estimate of drug-likeness (QED) is 0.611. The molecule has 2 unspecified atom stereocenters. The second-order valence-corrected chi connectivity index (χ2v) is 8.46. The summed E-state index contributed by atoms with van der Waals surface area (Å²) in [6.45, 7) is 11.1. The minimum atomic E-state index is 0.305. The van der Waals surface area contributed by atoms with Gasteiger partial charge in [-0.25, -0.2) is 4.99 Å². The fourth-order valence-corrected chi connectivity index (χ4v) is 4.32. The number of aromatic nitrogens is 3. The summed E-state index contributed by atoms with van der Waals surface area (Å²) in [5.41, 5.74) is 0.376. The standard InChI is InChI=1S/C20H36N6O/c1-5-9-20(3)10-7-11-26(15-20)19(21-13-17-8-6-12-27-17)22-14-18-24-23-16(2)25(18)4/h17H,5-15H2,1-4H3,(H,21,22). The molecule has 152 valence electrons. The van der Waals surface area contributed by atoms with Crippen molar-refractivity contribution in [3.05, 3.63) is 11.6 Å². The highest BCUT2D eigenvalue weighted by Gasteiger charge is 2.32. The number of hydrogen-bond acceptors (Lipinski definition) is 4. The molecular formula is C20H36N6O. The first-order valence-electron chi connectivity index (χ1n) is 10.5. The minimum absolute atomic E-state index is 0.305. The zero-order valence-electron chi connectivity index (χ0n) is 17.5. The normalized spacial score (nSPS) is 26.6. The third-order valence-electron chi connectivity index (χ3n) is 6.00. The van der Waals surface area contributed by atoms with Crippen LogP contribution in [0.4, 0.5) is 0 Å². The molecule has 1 aromatic heterocycles. The van der Waals surface area contributed by atoms with E-state index in [-0.39, 0.29) is 0 Å². The van der Waals surface area contributed by atoms with Crippen LogP contribution in [-0.4, -0.2) is 58.0 Å². The number of aryl methyl sites for hydroxylation is 1. The smallest absolute Gasteiger partial charge is 0.194 e. The average Bonchev–Trinajstić information content (AvgIpc) is 3.27. The lowest BCUT2D eigenvalue weighted by atomic mass is 9.78. The number of ether oxygens (including phenoxy) is 1. The van der Waals surface area contributed by atoms with Gasteiger partial charge in [-0.2, -0.15) is 0 Å². The van der Waals surface area contributed by atoms with E-state index in [1.54, 1.807) is 0 Å². The number of nitrogens with zero attached hydrogens (tertiary/aromatic N) is 5. The molecule has 0 bridgehead atoms. The second kappa shape index (κ2) is 9.04. The lowest BCUT2D eigenvalue weighted by Gasteiger charge is -2.42. The molecule has 3 rings (SSSR count). The van der Waals surface area contributed by atoms with Crippen molar-refractivity contribution in [1.29, 1.82) is 0 Å². The summed E-state index contributed by atoms with van der Waals surface area (Å²) in [6, 6.07) is 0. The van der Waals surface area contributed by atoms with Gasteiger partial charge >= 0.3 is 0 Å². The summed E-state index contributed by atoms with van der Waals surface area (Å²) >= 11 is 0. The number of aliphatic imine (C=N–C) groups is 1. The van der Waals surface area contributed by atoms with Gasteiger partial charge in [-0.1, -0.05) is 20.3 Å². The van der Waals surface area contributed by atoms with E-state index in [0.29, 0.717) is 18.1 Å². The summed E-state index contributed by atoms with van der Waals surface area (Å²) in [5, 5.41) is 12.0. The number of rotatable bonds is 6. The molecule has 2 fully saturated rings. The van der Waals surface area contributed by atoms with E-state index < -0.39 is 0 Å². The van der Waals surface area contributed by atoms with E-state index in [2.05, 4.69) is 34.3 Å². The maximum absolute atomic E-state index is 5.79. The maximum Gasteiger partial charge on any atom is 0.194 e. The van der Waals surface area contributed by atoms with Gasteiger partial charge in [0.1, 0.15) is 12.4 Å². The summed E-state index contributed by atoms with van der Waals surface area (Å²) in [4.78, 5) is 7.37. The van der Waals surface area contributed by atoms with E-state index in [1.807, 2.05) is 18.5 Å². The predicted molar refractivity (Wildman–Crippen MR) is 108 cm³/mol. The molecule has 2 aliphatic heterocycles. The molecule has 3 heterocycles. The van der Waals surface area contributed by atoms with E-state index in [1.165, 1.54) is 25.7 Å². The molecule has 0 radical (unpaired) electrons. The van der Waals surface area contributed by atoms with Gasteiger partial charge in [-0.15, -0.1) is 10.2 Å². The molecule has 2 aliphatic rings. The molecule has 2 saturated heterocycles. The Kier molecular flexibility index (Phi) is 6.73. The number of guanidine groups is 1. The highest BCUT2D eigenvalue weighted by atomic mass is 16.5. The Labute approximate surface area is 163 Å². The highest BCUT2D eigenvalue weighted by molar-refractivity contribution is 5.80. The number of likely N-dealkylation sites (tertiary alicyclic amines) is 1. The highest BCUT2D eigenvalue weighted by Crippen LogP contribution is 2.34. The summed E-state index contributed by atoms with van der Waals surface area (Å²) in [6.07, 6.45) is 7.63. The van der Waals surface area contributed by atoms with Crippen LogP contribution in [0.3, 0.4) is 0 Å². The Morgan fingerprint density at radius 1 is 1.37 bits per heavy atom. The lowest BCUT2D eigenvalue weighted by Crippen LogP contribution is -2.51. The average molecular weight is 377 g/mol. The molecule has 0 aromatic carbocycles. The van der Waals surface area contributed by atoms with Crippen LogP contribution < -0.4 is 5.32 Å². The molecule has 2 atom stereocenters. The first-order valence-corrected chi connectivity index (χ1v) is 10.5. The summed E-state index contributed by atoms with van der Waals surface area (Å²) in [7, 11) is 2.00. The molecular weight excluding hydrogens is 340 g/mol. The Hall–Kier alpha value is -1.63. The fraction of sp³-hybridized carbons (Fsp3) is 0.850. The van der Waals surface area contributed by atoms with Crippen LogP contribution >= 0.6 is 0 Å². The van der Waals surface area contributed by atoms with Crippen LogP contribution in [0, 0.1) is 12.3 Å². The van der Waals surface area contributed by atoms with E-state index >= 15 is 0 Å². The van der Waals surface area contributed by atoms with Crippen LogP contribution in [0.25, 0.3) is 0 Å². The van der Waals surface area contributed by atoms with Gasteiger partial charge in [-0.05, 0) is 44.4 Å². The van der Waals surface area contributed by atoms with Crippen molar-refractivity contribution in [2.24, 2.45) is 17.5 Å². The SMILES string of the molecule is CCCC1(C)CCCN(C(=NCc2nnc(C)n2C)NCC2CCCO2)C1. The van der Waals surface area contributed by atoms with Crippen LogP contribution in [0.15, 0.2) is 4.99 Å². The fourth-order valence-electron chi connectivity index (χ4n) is 4.32. The Morgan fingerprint density at radius 2 is 2.22 bits per heavy atom. The maximum atomic E-state index is 5.79. The molecule has 7 heteroatoms. The van der Waals surface area contributed by atoms with E-state index in [0.717, 1.165) is 56.7 Å². The van der Waals surface area contributed by atoms with Crippen molar-refractivity contribution in [3.8, 4) is 0 Å². The number of nitrogens with one attached hydrogen (secondary N) is 1. The molecule has 27 heavy (non-hydrogen) atoms. The van der Waals surface area contributed by atoms with Crippen molar-refractivity contribution in [2.45, 2.75) is 71.9 Å². The van der Waals surface area contributed by atoms with E-state index in [4.69, 9.17) is 9.73 Å². The Morgan fingerprint density at radius 3 is 2.89 bits per heavy atom. The van der Waals surface area contributed by atoms with Crippen molar-refractivity contribution < 1.29 is 4.74 Å². The van der Waals surface area contributed by atoms with Crippen molar-refractivity contribution >= 4 is 5.96 Å². The monoisotopic (exact) mass is 376 g/mol. The number of piperidine rings is 1. The first kappa shape index (κ1) is 20.1. The van der Waals surface area contributed by atoms with Gasteiger partial charge in [0.25, 0.3) is 0 Å². The molecule has 0 saturated carbocycles. The van der Waals surface area contributed by atoms with E-state index in [9.17, 15) is 0 Å². The molecule has 7 nitrogen and oxygen atoms in total. The first-order chi connectivity index (χ1) is 13.0. The van der Waals surface area contributed by atoms with Gasteiger partial charge in [0, 0.05) is 33.3 Å². The zero-order valence-corrected chi connectivity index (χ0v) is 17.5. The van der Waals surface area contributed by atoms with Crippen molar-refractivity contribution in [2.75, 3.05) is 26.2 Å². The van der Waals surface area contributed by atoms with Crippen LogP contribution in [0.2, 0.25) is 0 Å². The molecule has 1 aromatic rings. The van der Waals surface area contributed by atoms with Gasteiger partial charge in [0.2, 0.25) is 0 Å². The zero-order chi connectivity index (χ0) is 19.3. The second-order valence-electron chi connectivity index (χ2n) is 8.46. The minimum Gasteiger partial charge on any atom is -0.376 e. The molecule has 0 aliphatic carbocycles. The van der Waals surface area contributed by atoms with Crippen molar-refractivity contribution in [1.82, 2.24) is 25.0 Å². The third-order valence-corrected chi connectivity index (χ3v) is 6.00. The molecule has 0 amide bonds.